The Hall–Kier alpha value is -1.68. The molecule has 4 heterocycles. The summed E-state index contributed by atoms with van der Waals surface area (Å²) in [5.41, 5.74) is 4.13. The van der Waals surface area contributed by atoms with Crippen LogP contribution in [-0.2, 0) is 21.5 Å². The highest BCUT2D eigenvalue weighted by molar-refractivity contribution is 7.89. The van der Waals surface area contributed by atoms with Crippen molar-refractivity contribution in [1.82, 2.24) is 18.3 Å². The number of hydrogen-bond donors (Lipinski definition) is 0. The Morgan fingerprint density at radius 3 is 2.72 bits per heavy atom. The van der Waals surface area contributed by atoms with Crippen molar-refractivity contribution in [3.8, 4) is 0 Å². The molecule has 0 N–H and O–H groups in total. The Morgan fingerprint density at radius 1 is 1.22 bits per heavy atom. The normalized spacial score (nSPS) is 21.0. The van der Waals surface area contributed by atoms with Crippen LogP contribution in [-0.4, -0.2) is 60.2 Å². The van der Waals surface area contributed by atoms with Gasteiger partial charge in [-0.15, -0.1) is 0 Å². The summed E-state index contributed by atoms with van der Waals surface area (Å²) < 4.78 is 37.0. The number of sulfonamides is 1. The molecule has 1 fully saturated rings. The van der Waals surface area contributed by atoms with E-state index in [0.29, 0.717) is 25.7 Å². The van der Waals surface area contributed by atoms with Gasteiger partial charge in [0.15, 0.2) is 5.65 Å². The van der Waals surface area contributed by atoms with Gasteiger partial charge in [-0.2, -0.15) is 0 Å². The molecule has 32 heavy (non-hydrogen) atoms. The molecule has 0 spiro atoms. The SMILES string of the molecule is CCS(=O)(=O)N1CC[C@H](C)[C@H](c2ccc3cnc4c(ccn4COCC[Si](C)(C)C)n23)C1. The summed E-state index contributed by atoms with van der Waals surface area (Å²) in [5, 5.41) is 0. The molecule has 3 aromatic rings. The molecule has 0 bridgehead atoms. The van der Waals surface area contributed by atoms with Gasteiger partial charge in [-0.05, 0) is 43.5 Å². The van der Waals surface area contributed by atoms with Crippen LogP contribution >= 0.6 is 0 Å². The van der Waals surface area contributed by atoms with Gasteiger partial charge in [-0.25, -0.2) is 17.7 Å². The summed E-state index contributed by atoms with van der Waals surface area (Å²) in [6.07, 6.45) is 4.81. The van der Waals surface area contributed by atoms with Crippen molar-refractivity contribution in [2.45, 2.75) is 58.6 Å². The summed E-state index contributed by atoms with van der Waals surface area (Å²) >= 11 is 0. The van der Waals surface area contributed by atoms with E-state index >= 15 is 0 Å². The first kappa shape index (κ1) is 23.5. The van der Waals surface area contributed by atoms with Gasteiger partial charge in [-0.3, -0.25) is 0 Å². The number of ether oxygens (including phenoxy) is 1. The van der Waals surface area contributed by atoms with Gasteiger partial charge in [0, 0.05) is 45.6 Å². The monoisotopic (exact) mass is 476 g/mol. The molecule has 3 aromatic heterocycles. The highest BCUT2D eigenvalue weighted by Gasteiger charge is 2.34. The second kappa shape index (κ2) is 8.93. The van der Waals surface area contributed by atoms with Gasteiger partial charge < -0.3 is 13.7 Å². The van der Waals surface area contributed by atoms with Crippen molar-refractivity contribution in [3.05, 3.63) is 36.3 Å². The maximum absolute atomic E-state index is 12.5. The molecule has 0 aliphatic carbocycles. The van der Waals surface area contributed by atoms with E-state index in [0.717, 1.165) is 41.4 Å². The Balaban J connectivity index is 1.64. The molecule has 176 valence electrons. The van der Waals surface area contributed by atoms with Crippen LogP contribution in [0.4, 0.5) is 0 Å². The third-order valence-corrected chi connectivity index (χ3v) is 10.3. The van der Waals surface area contributed by atoms with E-state index in [4.69, 9.17) is 9.72 Å². The first-order valence-electron chi connectivity index (χ1n) is 11.6. The van der Waals surface area contributed by atoms with Crippen molar-refractivity contribution in [2.24, 2.45) is 5.92 Å². The molecule has 0 aromatic carbocycles. The number of piperidine rings is 1. The molecule has 0 amide bonds. The van der Waals surface area contributed by atoms with E-state index in [1.165, 1.54) is 0 Å². The smallest absolute Gasteiger partial charge is 0.213 e. The second-order valence-electron chi connectivity index (χ2n) is 10.3. The lowest BCUT2D eigenvalue weighted by atomic mass is 9.85. The lowest BCUT2D eigenvalue weighted by molar-refractivity contribution is 0.0899. The molecule has 9 heteroatoms. The van der Waals surface area contributed by atoms with Gasteiger partial charge in [0.05, 0.1) is 23.0 Å². The van der Waals surface area contributed by atoms with Gasteiger partial charge >= 0.3 is 0 Å². The first-order valence-corrected chi connectivity index (χ1v) is 16.9. The largest absolute Gasteiger partial charge is 0.361 e. The highest BCUT2D eigenvalue weighted by atomic mass is 32.2. The van der Waals surface area contributed by atoms with E-state index in [-0.39, 0.29) is 11.7 Å². The molecule has 0 radical (unpaired) electrons. The summed E-state index contributed by atoms with van der Waals surface area (Å²) in [5.74, 6) is 0.707. The van der Waals surface area contributed by atoms with Crippen LogP contribution in [0.1, 0.15) is 31.9 Å². The zero-order valence-corrected chi connectivity index (χ0v) is 21.7. The van der Waals surface area contributed by atoms with Crippen molar-refractivity contribution in [2.75, 3.05) is 25.4 Å². The topological polar surface area (TPSA) is 68.8 Å². The van der Waals surface area contributed by atoms with E-state index in [9.17, 15) is 8.42 Å². The Bertz CT molecular complexity index is 1200. The minimum absolute atomic E-state index is 0.148. The third kappa shape index (κ3) is 4.66. The molecule has 0 saturated carbocycles. The minimum Gasteiger partial charge on any atom is -0.361 e. The predicted octanol–water partition coefficient (Wildman–Crippen LogP) is 4.38. The predicted molar refractivity (Wildman–Crippen MR) is 132 cm³/mol. The quantitative estimate of drug-likeness (QED) is 0.357. The number of hydrogen-bond acceptors (Lipinski definition) is 4. The van der Waals surface area contributed by atoms with Gasteiger partial charge in [0.1, 0.15) is 6.73 Å². The van der Waals surface area contributed by atoms with Crippen LogP contribution in [0.15, 0.2) is 30.6 Å². The second-order valence-corrected chi connectivity index (χ2v) is 18.1. The number of nitrogens with zero attached hydrogens (tertiary/aromatic N) is 4. The third-order valence-electron chi connectivity index (χ3n) is 6.70. The van der Waals surface area contributed by atoms with Crippen LogP contribution in [0.5, 0.6) is 0 Å². The van der Waals surface area contributed by atoms with Crippen molar-refractivity contribution >= 4 is 34.8 Å². The van der Waals surface area contributed by atoms with E-state index in [1.807, 2.05) is 12.4 Å². The Labute approximate surface area is 192 Å². The fourth-order valence-corrected chi connectivity index (χ4v) is 6.43. The van der Waals surface area contributed by atoms with Crippen LogP contribution in [0, 0.1) is 5.92 Å². The molecule has 7 nitrogen and oxygen atoms in total. The average molecular weight is 477 g/mol. The molecular weight excluding hydrogens is 440 g/mol. The van der Waals surface area contributed by atoms with Gasteiger partial charge in [-0.1, -0.05) is 26.6 Å². The standard InChI is InChI=1S/C23H36N4O3SSi/c1-6-31(28,29)26-12-9-18(2)20(16-26)21-8-7-19-15-24-23-22(27(19)21)10-11-25(23)17-30-13-14-32(3,4)5/h7-8,10-11,15,18,20H,6,9,12-14,16-17H2,1-5H3/t18-,20+/m0/s1. The summed E-state index contributed by atoms with van der Waals surface area (Å²) in [4.78, 5) is 4.71. The van der Waals surface area contributed by atoms with Crippen molar-refractivity contribution in [3.63, 3.8) is 0 Å². The molecule has 1 aliphatic heterocycles. The van der Waals surface area contributed by atoms with Crippen molar-refractivity contribution in [1.29, 1.82) is 0 Å². The minimum atomic E-state index is -3.19. The summed E-state index contributed by atoms with van der Waals surface area (Å²) in [6.45, 7) is 13.4. The summed E-state index contributed by atoms with van der Waals surface area (Å²) in [6, 6.07) is 7.46. The molecule has 1 aliphatic rings. The zero-order chi connectivity index (χ0) is 23.1. The number of aromatic nitrogens is 3. The Morgan fingerprint density at radius 2 is 2.00 bits per heavy atom. The van der Waals surface area contributed by atoms with Crippen LogP contribution in [0.2, 0.25) is 25.7 Å². The maximum atomic E-state index is 12.5. The first-order chi connectivity index (χ1) is 15.1. The van der Waals surface area contributed by atoms with Crippen molar-refractivity contribution < 1.29 is 13.2 Å². The van der Waals surface area contributed by atoms with Crippen LogP contribution in [0.3, 0.4) is 0 Å². The fourth-order valence-electron chi connectivity index (χ4n) is 4.54. The number of fused-ring (bicyclic) bond motifs is 3. The van der Waals surface area contributed by atoms with E-state index < -0.39 is 18.1 Å². The van der Waals surface area contributed by atoms with Gasteiger partial charge in [0.25, 0.3) is 0 Å². The van der Waals surface area contributed by atoms with Crippen LogP contribution < -0.4 is 0 Å². The molecule has 4 rings (SSSR count). The molecular formula is C23H36N4O3SSi. The Kier molecular flexibility index (Phi) is 6.55. The van der Waals surface area contributed by atoms with E-state index in [1.54, 1.807) is 11.2 Å². The lowest BCUT2D eigenvalue weighted by Gasteiger charge is -2.36. The van der Waals surface area contributed by atoms with Gasteiger partial charge in [0.2, 0.25) is 10.0 Å². The average Bonchev–Trinajstić information content (AvgIpc) is 3.34. The highest BCUT2D eigenvalue weighted by Crippen LogP contribution is 2.35. The summed E-state index contributed by atoms with van der Waals surface area (Å²) in [7, 11) is -4.31. The maximum Gasteiger partial charge on any atom is 0.213 e. The fraction of sp³-hybridized carbons (Fsp3) is 0.609. The molecule has 2 atom stereocenters. The zero-order valence-electron chi connectivity index (χ0n) is 19.9. The molecule has 0 unspecified atom stereocenters. The lowest BCUT2D eigenvalue weighted by Crippen LogP contribution is -2.43. The number of rotatable bonds is 8. The van der Waals surface area contributed by atoms with Crippen LogP contribution in [0.25, 0.3) is 16.7 Å². The van der Waals surface area contributed by atoms with E-state index in [2.05, 4.69) is 53.7 Å². The molecule has 1 saturated heterocycles.